The summed E-state index contributed by atoms with van der Waals surface area (Å²) in [6, 6.07) is 9.82. The summed E-state index contributed by atoms with van der Waals surface area (Å²) in [5, 5.41) is 10.7. The number of carbonyl (C=O) groups excluding carboxylic acids is 2. The van der Waals surface area contributed by atoms with Crippen molar-refractivity contribution < 1.29 is 23.8 Å². The average Bonchev–Trinajstić information content (AvgIpc) is 3.39. The van der Waals surface area contributed by atoms with Crippen LogP contribution in [0.3, 0.4) is 0 Å². The van der Waals surface area contributed by atoms with Crippen LogP contribution in [0.5, 0.6) is 5.75 Å². The van der Waals surface area contributed by atoms with Gasteiger partial charge >= 0.3 is 0 Å². The Labute approximate surface area is 241 Å². The molecule has 1 atom stereocenters. The molecule has 1 fully saturated rings. The van der Waals surface area contributed by atoms with Crippen LogP contribution < -0.4 is 4.74 Å². The van der Waals surface area contributed by atoms with Crippen LogP contribution in [0.4, 0.5) is 0 Å². The van der Waals surface area contributed by atoms with Crippen molar-refractivity contribution in [2.75, 3.05) is 26.2 Å². The van der Waals surface area contributed by atoms with Crippen molar-refractivity contribution in [2.24, 2.45) is 5.92 Å². The normalized spacial score (nSPS) is 16.8. The van der Waals surface area contributed by atoms with E-state index in [2.05, 4.69) is 27.0 Å². The summed E-state index contributed by atoms with van der Waals surface area (Å²) in [5.74, 6) is 2.19. The first kappa shape index (κ1) is 29.0. The molecule has 2 aromatic heterocycles. The number of oxazole rings is 1. The van der Waals surface area contributed by atoms with Crippen LogP contribution in [0.25, 0.3) is 0 Å². The van der Waals surface area contributed by atoms with Crippen molar-refractivity contribution in [2.45, 2.75) is 71.6 Å². The minimum atomic E-state index is -0.569. The van der Waals surface area contributed by atoms with Gasteiger partial charge in [-0.2, -0.15) is 0 Å². The highest BCUT2D eigenvalue weighted by Crippen LogP contribution is 2.26. The Hall–Kier alpha value is -3.56. The molecule has 2 aliphatic heterocycles. The zero-order valence-corrected chi connectivity index (χ0v) is 24.1. The molecule has 1 saturated heterocycles. The van der Waals surface area contributed by atoms with E-state index in [4.69, 9.17) is 9.15 Å². The molecular weight excluding hydrogens is 520 g/mol. The van der Waals surface area contributed by atoms with E-state index in [1.54, 1.807) is 19.2 Å². The molecule has 2 aliphatic rings. The number of rotatable bonds is 11. The maximum absolute atomic E-state index is 12.9. The van der Waals surface area contributed by atoms with Crippen LogP contribution in [-0.2, 0) is 30.8 Å². The zero-order valence-electron chi connectivity index (χ0n) is 24.1. The number of carbonyl (C=O) groups is 2. The Balaban J connectivity index is 1.05. The summed E-state index contributed by atoms with van der Waals surface area (Å²) < 4.78 is 11.3. The third kappa shape index (κ3) is 7.80. The molecule has 41 heavy (non-hydrogen) atoms. The Morgan fingerprint density at radius 1 is 1.12 bits per heavy atom. The van der Waals surface area contributed by atoms with Crippen LogP contribution in [0, 0.1) is 12.8 Å². The Morgan fingerprint density at radius 3 is 2.71 bits per heavy atom. The van der Waals surface area contributed by atoms with Crippen molar-refractivity contribution in [1.82, 2.24) is 19.8 Å². The number of hydrogen-bond donors (Lipinski definition) is 1. The van der Waals surface area contributed by atoms with Crippen LogP contribution >= 0.6 is 0 Å². The number of amides is 1. The molecule has 0 unspecified atom stereocenters. The minimum Gasteiger partial charge on any atom is -0.486 e. The van der Waals surface area contributed by atoms with Crippen molar-refractivity contribution in [3.8, 4) is 5.75 Å². The number of β-amino-alcohol motifs (C(OH)–C–C–N with tert-alkyl or cyclic N) is 1. The number of hydrogen-bond acceptors (Lipinski definition) is 8. The topological polar surface area (TPSA) is 109 Å². The third-order valence-corrected chi connectivity index (χ3v) is 8.35. The molecular formula is C32H40N4O5. The average molecular weight is 561 g/mol. The Bertz CT molecular complexity index is 1350. The van der Waals surface area contributed by atoms with E-state index >= 15 is 0 Å². The smallest absolute Gasteiger partial charge is 0.219 e. The van der Waals surface area contributed by atoms with E-state index in [0.717, 1.165) is 74.8 Å². The quantitative estimate of drug-likeness (QED) is 0.349. The zero-order chi connectivity index (χ0) is 28.8. The molecule has 0 radical (unpaired) electrons. The van der Waals surface area contributed by atoms with E-state index in [0.29, 0.717) is 37.5 Å². The SMILES string of the molecule is CC(=O)N1CCC(Cc2cc(C(=O)CC[C@H](O)CN3CCc4cc(OCc5ocnc5C)ccc4C3)ccn2)CC1. The fraction of sp³-hybridized carbons (Fsp3) is 0.500. The van der Waals surface area contributed by atoms with Crippen LogP contribution in [-0.4, -0.2) is 68.8 Å². The van der Waals surface area contributed by atoms with Gasteiger partial charge < -0.3 is 19.2 Å². The highest BCUT2D eigenvalue weighted by Gasteiger charge is 2.23. The van der Waals surface area contributed by atoms with Gasteiger partial charge in [-0.1, -0.05) is 6.07 Å². The lowest BCUT2D eigenvalue weighted by Gasteiger charge is -2.31. The highest BCUT2D eigenvalue weighted by atomic mass is 16.5. The molecule has 4 heterocycles. The molecule has 0 spiro atoms. The monoisotopic (exact) mass is 560 g/mol. The summed E-state index contributed by atoms with van der Waals surface area (Å²) >= 11 is 0. The number of ether oxygens (including phenoxy) is 1. The molecule has 218 valence electrons. The number of benzene rings is 1. The molecule has 0 saturated carbocycles. The van der Waals surface area contributed by atoms with Gasteiger partial charge in [0.05, 0.1) is 11.8 Å². The summed E-state index contributed by atoms with van der Waals surface area (Å²) in [4.78, 5) is 37.2. The lowest BCUT2D eigenvalue weighted by atomic mass is 9.91. The van der Waals surface area contributed by atoms with E-state index in [1.807, 2.05) is 24.0 Å². The van der Waals surface area contributed by atoms with Gasteiger partial charge in [0.15, 0.2) is 17.9 Å². The van der Waals surface area contributed by atoms with Gasteiger partial charge in [-0.3, -0.25) is 19.5 Å². The molecule has 9 heteroatoms. The molecule has 1 aromatic carbocycles. The Kier molecular flexibility index (Phi) is 9.46. The first-order valence-corrected chi connectivity index (χ1v) is 14.6. The number of ketones is 1. The van der Waals surface area contributed by atoms with Crippen LogP contribution in [0.2, 0.25) is 0 Å². The number of aliphatic hydroxyl groups is 1. The van der Waals surface area contributed by atoms with Crippen molar-refractivity contribution >= 4 is 11.7 Å². The summed E-state index contributed by atoms with van der Waals surface area (Å²) in [6.07, 6.45) is 6.93. The number of likely N-dealkylation sites (tertiary alicyclic amines) is 1. The predicted octanol–water partition coefficient (Wildman–Crippen LogP) is 4.14. The van der Waals surface area contributed by atoms with Crippen molar-refractivity contribution in [1.29, 1.82) is 0 Å². The maximum Gasteiger partial charge on any atom is 0.219 e. The number of Topliss-reactive ketones (excluding diaryl/α,β-unsaturated/α-hetero) is 1. The first-order valence-electron chi connectivity index (χ1n) is 14.6. The van der Waals surface area contributed by atoms with E-state index in [-0.39, 0.29) is 11.7 Å². The maximum atomic E-state index is 12.9. The summed E-state index contributed by atoms with van der Waals surface area (Å²) in [6.45, 7) is 7.60. The molecule has 5 rings (SSSR count). The van der Waals surface area contributed by atoms with Crippen LogP contribution in [0.1, 0.15) is 71.2 Å². The first-order chi connectivity index (χ1) is 19.8. The Morgan fingerprint density at radius 2 is 1.95 bits per heavy atom. The fourth-order valence-electron chi connectivity index (χ4n) is 5.79. The number of aromatic nitrogens is 2. The van der Waals surface area contributed by atoms with Crippen molar-refractivity contribution in [3.05, 3.63) is 76.8 Å². The van der Waals surface area contributed by atoms with E-state index < -0.39 is 6.10 Å². The van der Waals surface area contributed by atoms with Crippen molar-refractivity contribution in [3.63, 3.8) is 0 Å². The lowest BCUT2D eigenvalue weighted by molar-refractivity contribution is -0.130. The molecule has 1 amide bonds. The number of fused-ring (bicyclic) bond motifs is 1. The number of aliphatic hydroxyl groups excluding tert-OH is 1. The van der Waals surface area contributed by atoms with Gasteiger partial charge in [0.25, 0.3) is 0 Å². The lowest BCUT2D eigenvalue weighted by Crippen LogP contribution is -2.37. The highest BCUT2D eigenvalue weighted by molar-refractivity contribution is 5.96. The van der Waals surface area contributed by atoms with Gasteiger partial charge in [0.1, 0.15) is 12.4 Å². The standard InChI is InChI=1S/C32H40N4O5/c1-22-32(41-21-34-22)20-40-30-5-3-27-18-35(12-10-25(27)17-30)19-29(38)4-6-31(39)26-7-11-33-28(16-26)15-24-8-13-36(14-9-24)23(2)37/h3,5,7,11,16-17,21,24,29,38H,4,6,8-10,12-15,18-20H2,1-2H3/t29-/m0/s1. The molecule has 1 N–H and O–H groups in total. The van der Waals surface area contributed by atoms with Gasteiger partial charge in [-0.25, -0.2) is 4.98 Å². The molecule has 9 nitrogen and oxygen atoms in total. The second-order valence-electron chi connectivity index (χ2n) is 11.4. The number of pyridine rings is 1. The molecule has 0 aliphatic carbocycles. The van der Waals surface area contributed by atoms with Crippen LogP contribution in [0.15, 0.2) is 47.3 Å². The number of nitrogens with zero attached hydrogens (tertiary/aromatic N) is 4. The van der Waals surface area contributed by atoms with E-state index in [9.17, 15) is 14.7 Å². The van der Waals surface area contributed by atoms with E-state index in [1.165, 1.54) is 17.5 Å². The molecule has 0 bridgehead atoms. The predicted molar refractivity (Wildman–Crippen MR) is 153 cm³/mol. The third-order valence-electron chi connectivity index (χ3n) is 8.35. The van der Waals surface area contributed by atoms with Gasteiger partial charge in [0, 0.05) is 63.5 Å². The number of aryl methyl sites for hydroxylation is 1. The second-order valence-corrected chi connectivity index (χ2v) is 11.4. The largest absolute Gasteiger partial charge is 0.486 e. The minimum absolute atomic E-state index is 0.0381. The second kappa shape index (κ2) is 13.4. The van der Waals surface area contributed by atoms with Gasteiger partial charge in [0.2, 0.25) is 5.91 Å². The van der Waals surface area contributed by atoms with Gasteiger partial charge in [-0.05, 0) is 80.3 Å². The van der Waals surface area contributed by atoms with Gasteiger partial charge in [-0.15, -0.1) is 0 Å². The summed E-state index contributed by atoms with van der Waals surface area (Å²) in [7, 11) is 0. The number of piperidine rings is 1. The fourth-order valence-corrected chi connectivity index (χ4v) is 5.79. The summed E-state index contributed by atoms with van der Waals surface area (Å²) in [5.41, 5.74) is 4.91. The molecule has 3 aromatic rings.